The number of hydrogen-bond donors (Lipinski definition) is 1. The summed E-state index contributed by atoms with van der Waals surface area (Å²) in [6.45, 7) is 17.8. The number of esters is 1. The lowest BCUT2D eigenvalue weighted by atomic mass is 9.33. The number of ketones is 1. The van der Waals surface area contributed by atoms with Crippen molar-refractivity contribution in [3.05, 3.63) is 29.8 Å². The van der Waals surface area contributed by atoms with E-state index < -0.39 is 5.41 Å². The van der Waals surface area contributed by atoms with Crippen molar-refractivity contribution in [2.24, 2.45) is 50.2 Å². The lowest BCUT2D eigenvalue weighted by Gasteiger charge is -2.70. The van der Waals surface area contributed by atoms with Crippen LogP contribution in [-0.4, -0.2) is 35.9 Å². The fourth-order valence-corrected chi connectivity index (χ4v) is 13.0. The fraction of sp³-hybridized carbons (Fsp3) is 0.700. The number of ether oxygens (including phenoxy) is 2. The van der Waals surface area contributed by atoms with Crippen LogP contribution in [0.4, 0.5) is 5.13 Å². The van der Waals surface area contributed by atoms with E-state index in [4.69, 9.17) is 14.5 Å². The molecule has 1 aromatic carbocycles. The predicted octanol–water partition coefficient (Wildman–Crippen LogP) is 9.16. The number of amides is 1. The van der Waals surface area contributed by atoms with Crippen LogP contribution < -0.4 is 10.1 Å². The Labute approximate surface area is 290 Å². The maximum Gasteiger partial charge on any atom is 0.302 e. The molecule has 0 saturated heterocycles. The predicted molar refractivity (Wildman–Crippen MR) is 190 cm³/mol. The van der Waals surface area contributed by atoms with Gasteiger partial charge in [0.25, 0.3) is 0 Å². The van der Waals surface area contributed by atoms with Crippen molar-refractivity contribution in [1.29, 1.82) is 0 Å². The van der Waals surface area contributed by atoms with Gasteiger partial charge in [-0.05, 0) is 116 Å². The number of thiazole rings is 1. The van der Waals surface area contributed by atoms with Crippen molar-refractivity contribution < 1.29 is 23.9 Å². The number of carbonyl (C=O) groups excluding carboxylic acids is 3. The summed E-state index contributed by atoms with van der Waals surface area (Å²) in [7, 11) is 1.65. The van der Waals surface area contributed by atoms with E-state index in [1.807, 2.05) is 18.2 Å². The number of benzene rings is 1. The van der Waals surface area contributed by atoms with E-state index in [0.29, 0.717) is 11.0 Å². The molecule has 8 heteroatoms. The van der Waals surface area contributed by atoms with Crippen LogP contribution in [0.25, 0.3) is 10.2 Å². The topological polar surface area (TPSA) is 94.6 Å². The van der Waals surface area contributed by atoms with Crippen LogP contribution in [-0.2, 0) is 19.1 Å². The Bertz CT molecular complexity index is 1730. The zero-order chi connectivity index (χ0) is 34.7. The quantitative estimate of drug-likeness (QED) is 0.325. The number of nitrogens with one attached hydrogen (secondary N) is 1. The molecule has 0 aliphatic heterocycles. The number of fused-ring (bicyclic) bond motifs is 8. The summed E-state index contributed by atoms with van der Waals surface area (Å²) < 4.78 is 12.3. The van der Waals surface area contributed by atoms with Gasteiger partial charge in [0.15, 0.2) is 10.9 Å². The molecule has 0 spiro atoms. The van der Waals surface area contributed by atoms with Crippen LogP contribution in [0, 0.1) is 50.2 Å². The van der Waals surface area contributed by atoms with Gasteiger partial charge in [-0.3, -0.25) is 14.4 Å². The van der Waals surface area contributed by atoms with E-state index >= 15 is 0 Å². The van der Waals surface area contributed by atoms with Crippen LogP contribution >= 0.6 is 11.3 Å². The Morgan fingerprint density at radius 2 is 1.69 bits per heavy atom. The summed E-state index contributed by atoms with van der Waals surface area (Å²) in [5, 5.41) is 3.81. The SMILES string of the molecule is COc1ccc2nc(NC(=O)[C@@]3(C)CC[C@]4(C)CC[C@]5(C)C(=CC(=O)[C@@H]6[C@@]7(C)CC[C@H](OC(C)=O)C(C)(C)[C@@H]7CC[C@]65C)[C@@H]4C3)sc2c1. The van der Waals surface area contributed by atoms with Gasteiger partial charge in [-0.25, -0.2) is 4.98 Å². The van der Waals surface area contributed by atoms with Crippen molar-refractivity contribution in [3.8, 4) is 5.75 Å². The Kier molecular flexibility index (Phi) is 7.65. The monoisotopic (exact) mass is 674 g/mol. The van der Waals surface area contributed by atoms with Crippen LogP contribution in [0.2, 0.25) is 0 Å². The van der Waals surface area contributed by atoms with Gasteiger partial charge in [-0.1, -0.05) is 65.4 Å². The molecule has 7 nitrogen and oxygen atoms in total. The largest absolute Gasteiger partial charge is 0.497 e. The van der Waals surface area contributed by atoms with Gasteiger partial charge in [0.05, 0.1) is 17.3 Å². The number of anilines is 1. The Morgan fingerprint density at radius 1 is 0.958 bits per heavy atom. The first kappa shape index (κ1) is 33.7. The minimum Gasteiger partial charge on any atom is -0.497 e. The number of hydrogen-bond acceptors (Lipinski definition) is 7. The second-order valence-electron chi connectivity index (χ2n) is 18.0. The van der Waals surface area contributed by atoms with E-state index in [0.717, 1.165) is 73.8 Å². The molecule has 0 bridgehead atoms. The van der Waals surface area contributed by atoms with Crippen molar-refractivity contribution >= 4 is 44.3 Å². The number of nitrogens with zero attached hydrogens (tertiary/aromatic N) is 1. The summed E-state index contributed by atoms with van der Waals surface area (Å²) >= 11 is 1.48. The van der Waals surface area contributed by atoms with Crippen molar-refractivity contribution in [1.82, 2.24) is 4.98 Å². The minimum absolute atomic E-state index is 0.0227. The third kappa shape index (κ3) is 4.70. The highest BCUT2D eigenvalue weighted by atomic mass is 32.1. The Morgan fingerprint density at radius 3 is 2.40 bits per heavy atom. The van der Waals surface area contributed by atoms with E-state index in [9.17, 15) is 14.4 Å². The van der Waals surface area contributed by atoms with Gasteiger partial charge in [-0.15, -0.1) is 0 Å². The third-order valence-electron chi connectivity index (χ3n) is 15.2. The highest BCUT2D eigenvalue weighted by Gasteiger charge is 2.70. The lowest BCUT2D eigenvalue weighted by Crippen LogP contribution is -2.66. The summed E-state index contributed by atoms with van der Waals surface area (Å²) in [5.74, 6) is 1.25. The molecule has 1 aromatic heterocycles. The molecule has 5 aliphatic carbocycles. The van der Waals surface area contributed by atoms with Crippen molar-refractivity contribution in [2.75, 3.05) is 12.4 Å². The maximum absolute atomic E-state index is 14.8. The molecule has 260 valence electrons. The first-order valence-corrected chi connectivity index (χ1v) is 18.9. The molecule has 9 atom stereocenters. The molecule has 1 amide bonds. The smallest absolute Gasteiger partial charge is 0.302 e. The Balaban J connectivity index is 1.20. The van der Waals surface area contributed by atoms with Gasteiger partial charge >= 0.3 is 5.97 Å². The number of allylic oxidation sites excluding steroid dienone is 2. The molecule has 1 heterocycles. The van der Waals surface area contributed by atoms with E-state index in [1.165, 1.54) is 23.8 Å². The summed E-state index contributed by atoms with van der Waals surface area (Å²) in [6.07, 6.45) is 10.4. The van der Waals surface area contributed by atoms with Crippen LogP contribution in [0.5, 0.6) is 5.75 Å². The molecule has 0 radical (unpaired) electrons. The number of rotatable bonds is 4. The second-order valence-corrected chi connectivity index (χ2v) is 19.0. The molecule has 5 aliphatic rings. The highest BCUT2D eigenvalue weighted by Crippen LogP contribution is 2.75. The molecule has 2 aromatic rings. The molecule has 4 fully saturated rings. The molecular formula is C40H54N2O5S. The normalized spacial score (nSPS) is 41.6. The summed E-state index contributed by atoms with van der Waals surface area (Å²) in [4.78, 5) is 45.6. The zero-order valence-corrected chi connectivity index (χ0v) is 31.2. The van der Waals surface area contributed by atoms with Gasteiger partial charge in [-0.2, -0.15) is 0 Å². The highest BCUT2D eigenvalue weighted by molar-refractivity contribution is 7.22. The van der Waals surface area contributed by atoms with Gasteiger partial charge in [0.2, 0.25) is 5.91 Å². The number of methoxy groups -OCH3 is 1. The van der Waals surface area contributed by atoms with E-state index in [-0.39, 0.29) is 62.7 Å². The van der Waals surface area contributed by atoms with Crippen LogP contribution in [0.1, 0.15) is 113 Å². The first-order chi connectivity index (χ1) is 22.4. The minimum atomic E-state index is -0.567. The standard InChI is InChI=1S/C40H54N2O5S/c1-23(43)47-31-13-14-38(6)30(35(31,2)3)12-15-40(8)32(38)28(44)21-25-26-22-37(5,17-16-36(26,4)18-19-39(25,40)7)33(45)42-34-41-27-11-10-24(46-9)20-29(27)48-34/h10-11,20-21,26,30-32H,12-19,22H2,1-9H3,(H,41,42,45)/t26-,30-,31-,32+,36+,37-,38-,39+,40+/m0/s1. The van der Waals surface area contributed by atoms with Gasteiger partial charge in [0, 0.05) is 23.7 Å². The molecule has 4 saturated carbocycles. The zero-order valence-electron chi connectivity index (χ0n) is 30.4. The Hall–Kier alpha value is -2.74. The van der Waals surface area contributed by atoms with Crippen LogP contribution in [0.3, 0.4) is 0 Å². The lowest BCUT2D eigenvalue weighted by molar-refractivity contribution is -0.210. The third-order valence-corrected chi connectivity index (χ3v) is 16.1. The van der Waals surface area contributed by atoms with E-state index in [1.54, 1.807) is 7.11 Å². The van der Waals surface area contributed by atoms with Gasteiger partial charge < -0.3 is 14.8 Å². The maximum atomic E-state index is 14.8. The van der Waals surface area contributed by atoms with Gasteiger partial charge in [0.1, 0.15) is 11.9 Å². The van der Waals surface area contributed by atoms with Crippen LogP contribution in [0.15, 0.2) is 29.8 Å². The van der Waals surface area contributed by atoms with Crippen molar-refractivity contribution in [2.45, 2.75) is 119 Å². The molecule has 7 rings (SSSR count). The average molecular weight is 675 g/mol. The average Bonchev–Trinajstić information content (AvgIpc) is 3.41. The van der Waals surface area contributed by atoms with Crippen molar-refractivity contribution in [3.63, 3.8) is 0 Å². The fourth-order valence-electron chi connectivity index (χ4n) is 12.1. The summed E-state index contributed by atoms with van der Waals surface area (Å²) in [6, 6.07) is 5.78. The number of aromatic nitrogens is 1. The molecule has 48 heavy (non-hydrogen) atoms. The molecular weight excluding hydrogens is 621 g/mol. The molecule has 1 N–H and O–H groups in total. The first-order valence-electron chi connectivity index (χ1n) is 18.1. The number of carbonyl (C=O) groups is 3. The second kappa shape index (κ2) is 10.9. The summed E-state index contributed by atoms with van der Waals surface area (Å²) in [5.41, 5.74) is 0.975. The molecule has 0 unspecified atom stereocenters. The van der Waals surface area contributed by atoms with E-state index in [2.05, 4.69) is 59.9 Å².